The van der Waals surface area contributed by atoms with Crippen LogP contribution in [0, 0.1) is 6.92 Å². The van der Waals surface area contributed by atoms with Crippen LogP contribution in [0.25, 0.3) is 5.82 Å². The Kier molecular flexibility index (Phi) is 2.62. The lowest BCUT2D eigenvalue weighted by Gasteiger charge is -2.02. The average molecular weight is 289 g/mol. The van der Waals surface area contributed by atoms with E-state index >= 15 is 0 Å². The fourth-order valence-electron chi connectivity index (χ4n) is 1.08. The maximum atomic E-state index is 5.90. The van der Waals surface area contributed by atoms with Crippen molar-refractivity contribution in [1.82, 2.24) is 19.7 Å². The summed E-state index contributed by atoms with van der Waals surface area (Å²) in [6.07, 6.45) is 3.24. The van der Waals surface area contributed by atoms with E-state index in [0.29, 0.717) is 15.3 Å². The van der Waals surface area contributed by atoms with Crippen molar-refractivity contribution in [3.05, 3.63) is 27.6 Å². The van der Waals surface area contributed by atoms with Crippen LogP contribution in [0.3, 0.4) is 0 Å². The average Bonchev–Trinajstić information content (AvgIpc) is 2.51. The van der Waals surface area contributed by atoms with Crippen LogP contribution in [0.5, 0.6) is 0 Å². The van der Waals surface area contributed by atoms with Gasteiger partial charge >= 0.3 is 0 Å². The Labute approximate surface area is 99.4 Å². The van der Waals surface area contributed by atoms with Gasteiger partial charge in [-0.3, -0.25) is 0 Å². The van der Waals surface area contributed by atoms with Gasteiger partial charge in [0.1, 0.15) is 0 Å². The molecule has 0 spiro atoms. The summed E-state index contributed by atoms with van der Waals surface area (Å²) >= 11 is 9.21. The second-order valence-electron chi connectivity index (χ2n) is 2.91. The molecule has 0 fully saturated rings. The zero-order valence-electron chi connectivity index (χ0n) is 7.78. The zero-order valence-corrected chi connectivity index (χ0v) is 10.1. The molecule has 2 rings (SSSR count). The van der Waals surface area contributed by atoms with Gasteiger partial charge in [0.15, 0.2) is 5.82 Å². The Balaban J connectivity index is 2.58. The minimum atomic E-state index is 0.192. The molecule has 5 nitrogen and oxygen atoms in total. The van der Waals surface area contributed by atoms with Crippen LogP contribution in [0.15, 0.2) is 16.9 Å². The second kappa shape index (κ2) is 3.79. The van der Waals surface area contributed by atoms with Crippen LogP contribution < -0.4 is 5.73 Å². The largest absolute Gasteiger partial charge is 0.368 e. The van der Waals surface area contributed by atoms with Crippen LogP contribution in [0.2, 0.25) is 5.02 Å². The SMILES string of the molecule is Cc1nn(-c2nc(N)ncc2Br)cc1Cl. The van der Waals surface area contributed by atoms with E-state index in [4.69, 9.17) is 17.3 Å². The molecule has 0 aromatic carbocycles. The number of hydrogen-bond acceptors (Lipinski definition) is 4. The molecule has 7 heteroatoms. The number of aromatic nitrogens is 4. The summed E-state index contributed by atoms with van der Waals surface area (Å²) in [5.74, 6) is 0.759. The summed E-state index contributed by atoms with van der Waals surface area (Å²) in [7, 11) is 0. The van der Waals surface area contributed by atoms with Crippen molar-refractivity contribution in [3.63, 3.8) is 0 Å². The van der Waals surface area contributed by atoms with Crippen molar-refractivity contribution in [2.24, 2.45) is 0 Å². The molecule has 0 saturated carbocycles. The molecule has 0 amide bonds. The van der Waals surface area contributed by atoms with Crippen molar-refractivity contribution in [3.8, 4) is 5.82 Å². The lowest BCUT2D eigenvalue weighted by molar-refractivity contribution is 0.823. The zero-order chi connectivity index (χ0) is 11.0. The number of nitrogens with two attached hydrogens (primary N) is 1. The first-order valence-corrected chi connectivity index (χ1v) is 5.25. The molecule has 0 aliphatic heterocycles. The number of nitrogens with zero attached hydrogens (tertiary/aromatic N) is 4. The molecule has 2 aromatic heterocycles. The number of halogens is 2. The second-order valence-corrected chi connectivity index (χ2v) is 4.17. The molecule has 0 aliphatic carbocycles. The number of aryl methyl sites for hydroxylation is 1. The highest BCUT2D eigenvalue weighted by molar-refractivity contribution is 9.10. The molecule has 78 valence electrons. The Bertz CT molecular complexity index is 490. The van der Waals surface area contributed by atoms with E-state index in [9.17, 15) is 0 Å². The predicted octanol–water partition coefficient (Wildman–Crippen LogP) is 1.97. The van der Waals surface area contributed by atoms with Crippen LogP contribution in [0.4, 0.5) is 5.95 Å². The first-order chi connectivity index (χ1) is 7.08. The highest BCUT2D eigenvalue weighted by atomic mass is 79.9. The Morgan fingerprint density at radius 3 is 2.87 bits per heavy atom. The van der Waals surface area contributed by atoms with Crippen molar-refractivity contribution >= 4 is 33.5 Å². The third-order valence-electron chi connectivity index (χ3n) is 1.80. The van der Waals surface area contributed by atoms with Crippen LogP contribution in [0.1, 0.15) is 5.69 Å². The summed E-state index contributed by atoms with van der Waals surface area (Å²) < 4.78 is 2.26. The molecule has 0 radical (unpaired) electrons. The topological polar surface area (TPSA) is 69.6 Å². The van der Waals surface area contributed by atoms with Gasteiger partial charge in [-0.1, -0.05) is 11.6 Å². The van der Waals surface area contributed by atoms with Gasteiger partial charge in [0.2, 0.25) is 5.95 Å². The van der Waals surface area contributed by atoms with Crippen LogP contribution >= 0.6 is 27.5 Å². The van der Waals surface area contributed by atoms with Crippen molar-refractivity contribution in [2.45, 2.75) is 6.92 Å². The monoisotopic (exact) mass is 287 g/mol. The van der Waals surface area contributed by atoms with Gasteiger partial charge in [-0.2, -0.15) is 10.1 Å². The smallest absolute Gasteiger partial charge is 0.222 e. The fourth-order valence-corrected chi connectivity index (χ4v) is 1.58. The maximum absolute atomic E-state index is 5.90. The minimum absolute atomic E-state index is 0.192. The third-order valence-corrected chi connectivity index (χ3v) is 2.73. The van der Waals surface area contributed by atoms with E-state index in [0.717, 1.165) is 5.69 Å². The van der Waals surface area contributed by atoms with E-state index in [1.165, 1.54) is 0 Å². The Morgan fingerprint density at radius 1 is 1.53 bits per heavy atom. The minimum Gasteiger partial charge on any atom is -0.368 e. The van der Waals surface area contributed by atoms with Gasteiger partial charge in [0, 0.05) is 6.20 Å². The maximum Gasteiger partial charge on any atom is 0.222 e. The van der Waals surface area contributed by atoms with E-state index in [-0.39, 0.29) is 5.95 Å². The van der Waals surface area contributed by atoms with Gasteiger partial charge in [0.05, 0.1) is 21.4 Å². The molecule has 0 atom stereocenters. The molecule has 2 N–H and O–H groups in total. The highest BCUT2D eigenvalue weighted by Crippen LogP contribution is 2.21. The van der Waals surface area contributed by atoms with Gasteiger partial charge in [0.25, 0.3) is 0 Å². The summed E-state index contributed by atoms with van der Waals surface area (Å²) in [5, 5.41) is 4.77. The van der Waals surface area contributed by atoms with Gasteiger partial charge in [-0.05, 0) is 22.9 Å². The summed E-state index contributed by atoms with van der Waals surface area (Å²) in [6, 6.07) is 0. The molecule has 2 aromatic rings. The van der Waals surface area contributed by atoms with Gasteiger partial charge in [-0.25, -0.2) is 9.67 Å². The Hall–Kier alpha value is -1.14. The van der Waals surface area contributed by atoms with Crippen molar-refractivity contribution < 1.29 is 0 Å². The molecule has 2 heterocycles. The first kappa shape index (κ1) is 10.4. The standard InChI is InChI=1S/C8H7BrClN5/c1-4-6(10)3-15(14-4)7-5(9)2-12-8(11)13-7/h2-3H,1H3,(H2,11,12,13). The van der Waals surface area contributed by atoms with E-state index in [2.05, 4.69) is 31.0 Å². The van der Waals surface area contributed by atoms with Gasteiger partial charge < -0.3 is 5.73 Å². The summed E-state index contributed by atoms with van der Waals surface area (Å²) in [5.41, 5.74) is 6.23. The molecule has 0 saturated heterocycles. The number of rotatable bonds is 1. The van der Waals surface area contributed by atoms with Crippen molar-refractivity contribution in [2.75, 3.05) is 5.73 Å². The van der Waals surface area contributed by atoms with Crippen molar-refractivity contribution in [1.29, 1.82) is 0 Å². The predicted molar refractivity (Wildman–Crippen MR) is 61.0 cm³/mol. The Morgan fingerprint density at radius 2 is 2.27 bits per heavy atom. The number of hydrogen-bond donors (Lipinski definition) is 1. The molecular weight excluding hydrogens is 281 g/mol. The van der Waals surface area contributed by atoms with E-state index in [1.54, 1.807) is 17.1 Å². The lowest BCUT2D eigenvalue weighted by Crippen LogP contribution is -2.04. The first-order valence-electron chi connectivity index (χ1n) is 4.08. The molecular formula is C8H7BrClN5. The number of anilines is 1. The van der Waals surface area contributed by atoms with E-state index in [1.807, 2.05) is 6.92 Å². The summed E-state index contributed by atoms with van der Waals surface area (Å²) in [6.45, 7) is 1.82. The van der Waals surface area contributed by atoms with Crippen LogP contribution in [-0.4, -0.2) is 19.7 Å². The van der Waals surface area contributed by atoms with Crippen LogP contribution in [-0.2, 0) is 0 Å². The normalized spacial score (nSPS) is 10.6. The van der Waals surface area contributed by atoms with E-state index < -0.39 is 0 Å². The number of nitrogen functional groups attached to an aromatic ring is 1. The highest BCUT2D eigenvalue weighted by Gasteiger charge is 2.09. The van der Waals surface area contributed by atoms with Gasteiger partial charge in [-0.15, -0.1) is 0 Å². The molecule has 0 unspecified atom stereocenters. The molecule has 15 heavy (non-hydrogen) atoms. The summed E-state index contributed by atoms with van der Waals surface area (Å²) in [4.78, 5) is 7.90. The molecule has 0 aliphatic rings. The third kappa shape index (κ3) is 1.95. The molecule has 0 bridgehead atoms. The quantitative estimate of drug-likeness (QED) is 0.871. The fraction of sp³-hybridized carbons (Fsp3) is 0.125. The lowest BCUT2D eigenvalue weighted by atomic mass is 10.5.